The SMILES string of the molecule is C=C(C)c1[nH]cnc1/C=c1\[nH]c(=O)/c(=C/c2cccc(C(F)(F)F)c2)[nH]c1=O. The molecule has 144 valence electrons. The van der Waals surface area contributed by atoms with Gasteiger partial charge in [0, 0.05) is 0 Å². The molecule has 9 heteroatoms. The lowest BCUT2D eigenvalue weighted by molar-refractivity contribution is -0.137. The molecule has 3 rings (SSSR count). The largest absolute Gasteiger partial charge is 0.416 e. The Labute approximate surface area is 155 Å². The highest BCUT2D eigenvalue weighted by molar-refractivity contribution is 5.66. The molecule has 2 aromatic heterocycles. The van der Waals surface area contributed by atoms with Gasteiger partial charge >= 0.3 is 6.18 Å². The zero-order valence-corrected chi connectivity index (χ0v) is 14.6. The number of rotatable bonds is 3. The van der Waals surface area contributed by atoms with E-state index >= 15 is 0 Å². The summed E-state index contributed by atoms with van der Waals surface area (Å²) in [7, 11) is 0. The number of alkyl halides is 3. The summed E-state index contributed by atoms with van der Waals surface area (Å²) < 4.78 is 38.4. The first-order valence-corrected chi connectivity index (χ1v) is 8.08. The molecule has 0 radical (unpaired) electrons. The molecule has 0 atom stereocenters. The van der Waals surface area contributed by atoms with Gasteiger partial charge < -0.3 is 15.0 Å². The monoisotopic (exact) mass is 388 g/mol. The number of H-pyrrole nitrogens is 3. The van der Waals surface area contributed by atoms with Crippen molar-refractivity contribution in [2.24, 2.45) is 0 Å². The Balaban J connectivity index is 2.11. The summed E-state index contributed by atoms with van der Waals surface area (Å²) in [6.45, 7) is 5.55. The quantitative estimate of drug-likeness (QED) is 0.635. The van der Waals surface area contributed by atoms with Gasteiger partial charge in [-0.3, -0.25) is 9.59 Å². The minimum Gasteiger partial charge on any atom is -0.344 e. The van der Waals surface area contributed by atoms with Gasteiger partial charge in [-0.1, -0.05) is 18.7 Å². The van der Waals surface area contributed by atoms with E-state index < -0.39 is 22.9 Å². The van der Waals surface area contributed by atoms with Crippen LogP contribution in [-0.4, -0.2) is 19.9 Å². The van der Waals surface area contributed by atoms with Crippen molar-refractivity contribution >= 4 is 17.7 Å². The highest BCUT2D eigenvalue weighted by Gasteiger charge is 2.30. The standard InChI is InChI=1S/C19H15F3N4O2/c1-10(2)16-13(23-9-24-16)8-15-18(28)25-14(17(27)26-15)7-11-4-3-5-12(6-11)19(20,21)22/h3-9H,1H2,2H3,(H,23,24)(H,25,28)(H,26,27)/b14-7-,15-8-. The number of hydrogen-bond donors (Lipinski definition) is 3. The van der Waals surface area contributed by atoms with Crippen molar-refractivity contribution in [1.29, 1.82) is 0 Å². The Hall–Kier alpha value is -3.62. The topological polar surface area (TPSA) is 94.4 Å². The second kappa shape index (κ2) is 7.18. The van der Waals surface area contributed by atoms with Crippen LogP contribution < -0.4 is 21.8 Å². The summed E-state index contributed by atoms with van der Waals surface area (Å²) in [5.74, 6) is 0. The van der Waals surface area contributed by atoms with Crippen molar-refractivity contribution in [3.05, 3.63) is 91.1 Å². The van der Waals surface area contributed by atoms with Crippen LogP contribution in [0.25, 0.3) is 17.7 Å². The summed E-state index contributed by atoms with van der Waals surface area (Å²) in [5, 5.41) is -0.204. The van der Waals surface area contributed by atoms with E-state index in [4.69, 9.17) is 0 Å². The minimum atomic E-state index is -4.51. The number of nitrogens with zero attached hydrogens (tertiary/aromatic N) is 1. The van der Waals surface area contributed by atoms with Gasteiger partial charge in [-0.15, -0.1) is 0 Å². The van der Waals surface area contributed by atoms with Crippen molar-refractivity contribution in [2.75, 3.05) is 0 Å². The average molecular weight is 388 g/mol. The molecule has 6 nitrogen and oxygen atoms in total. The van der Waals surface area contributed by atoms with Gasteiger partial charge in [0.1, 0.15) is 10.7 Å². The maximum absolute atomic E-state index is 12.8. The zero-order valence-electron chi connectivity index (χ0n) is 14.6. The Morgan fingerprint density at radius 1 is 1.11 bits per heavy atom. The molecule has 3 N–H and O–H groups in total. The molecule has 28 heavy (non-hydrogen) atoms. The predicted octanol–water partition coefficient (Wildman–Crippen LogP) is 1.50. The maximum atomic E-state index is 12.8. The average Bonchev–Trinajstić information content (AvgIpc) is 3.07. The van der Waals surface area contributed by atoms with Crippen LogP contribution in [0.1, 0.15) is 29.4 Å². The number of aromatic nitrogens is 4. The molecule has 3 aromatic rings. The minimum absolute atomic E-state index is 0.0409. The molecule has 0 fully saturated rings. The molecule has 0 saturated heterocycles. The lowest BCUT2D eigenvalue weighted by atomic mass is 10.1. The Bertz CT molecular complexity index is 1280. The fourth-order valence-electron chi connectivity index (χ4n) is 2.56. The van der Waals surface area contributed by atoms with Crippen molar-refractivity contribution in [3.8, 4) is 0 Å². The third-order valence-electron chi connectivity index (χ3n) is 3.89. The van der Waals surface area contributed by atoms with Crippen molar-refractivity contribution in [2.45, 2.75) is 13.1 Å². The van der Waals surface area contributed by atoms with Crippen LogP contribution in [0.5, 0.6) is 0 Å². The fourth-order valence-corrected chi connectivity index (χ4v) is 2.56. The van der Waals surface area contributed by atoms with E-state index in [1.54, 1.807) is 6.92 Å². The van der Waals surface area contributed by atoms with E-state index in [-0.39, 0.29) is 16.3 Å². The third kappa shape index (κ3) is 4.03. The number of aromatic amines is 3. The van der Waals surface area contributed by atoms with E-state index in [0.717, 1.165) is 12.1 Å². The molecular weight excluding hydrogens is 373 g/mol. The van der Waals surface area contributed by atoms with Gasteiger partial charge in [-0.2, -0.15) is 13.2 Å². The second-order valence-corrected chi connectivity index (χ2v) is 6.09. The molecule has 0 unspecified atom stereocenters. The number of allylic oxidation sites excluding steroid dienone is 1. The van der Waals surface area contributed by atoms with Gasteiger partial charge in [-0.05, 0) is 42.3 Å². The number of hydrogen-bond acceptors (Lipinski definition) is 3. The molecule has 0 amide bonds. The summed E-state index contributed by atoms with van der Waals surface area (Å²) in [5.41, 5.74) is -0.273. The fraction of sp³-hybridized carbons (Fsp3) is 0.105. The summed E-state index contributed by atoms with van der Waals surface area (Å²) in [4.78, 5) is 36.3. The van der Waals surface area contributed by atoms with Crippen LogP contribution in [0, 0.1) is 0 Å². The van der Waals surface area contributed by atoms with Gasteiger partial charge in [-0.25, -0.2) is 4.98 Å². The zero-order chi connectivity index (χ0) is 20.5. The first kappa shape index (κ1) is 19.2. The van der Waals surface area contributed by atoms with Gasteiger partial charge in [0.2, 0.25) is 0 Å². The van der Waals surface area contributed by atoms with Crippen LogP contribution in [0.3, 0.4) is 0 Å². The Kier molecular flexibility index (Phi) is 4.91. The number of imidazole rings is 1. The maximum Gasteiger partial charge on any atom is 0.416 e. The van der Waals surface area contributed by atoms with E-state index in [1.807, 2.05) is 0 Å². The molecule has 0 spiro atoms. The van der Waals surface area contributed by atoms with Gasteiger partial charge in [0.25, 0.3) is 11.1 Å². The van der Waals surface area contributed by atoms with Crippen molar-refractivity contribution in [3.63, 3.8) is 0 Å². The summed E-state index contributed by atoms with van der Waals surface area (Å²) in [6.07, 6.45) is -0.521. The van der Waals surface area contributed by atoms with E-state index in [2.05, 4.69) is 26.5 Å². The highest BCUT2D eigenvalue weighted by Crippen LogP contribution is 2.29. The normalized spacial score (nSPS) is 13.1. The first-order valence-electron chi connectivity index (χ1n) is 8.08. The molecule has 1 aromatic carbocycles. The molecule has 0 saturated carbocycles. The summed E-state index contributed by atoms with van der Waals surface area (Å²) >= 11 is 0. The molecule has 2 heterocycles. The molecule has 0 aliphatic carbocycles. The van der Waals surface area contributed by atoms with Gasteiger partial charge in [0.15, 0.2) is 0 Å². The van der Waals surface area contributed by atoms with E-state index in [0.29, 0.717) is 17.0 Å². The predicted molar refractivity (Wildman–Crippen MR) is 98.8 cm³/mol. The summed E-state index contributed by atoms with van der Waals surface area (Å²) in [6, 6.07) is 4.43. The first-order chi connectivity index (χ1) is 13.1. The van der Waals surface area contributed by atoms with Crippen LogP contribution in [0.4, 0.5) is 13.2 Å². The van der Waals surface area contributed by atoms with E-state index in [1.165, 1.54) is 30.6 Å². The van der Waals surface area contributed by atoms with Crippen LogP contribution in [0.15, 0.2) is 46.8 Å². The molecule has 0 bridgehead atoms. The molecule has 0 aliphatic rings. The number of benzene rings is 1. The molecular formula is C19H15F3N4O2. The van der Waals surface area contributed by atoms with Crippen LogP contribution in [0.2, 0.25) is 0 Å². The van der Waals surface area contributed by atoms with Gasteiger partial charge in [0.05, 0.1) is 23.3 Å². The Morgan fingerprint density at radius 2 is 1.75 bits per heavy atom. The van der Waals surface area contributed by atoms with Crippen molar-refractivity contribution < 1.29 is 13.2 Å². The second-order valence-electron chi connectivity index (χ2n) is 6.09. The van der Waals surface area contributed by atoms with Crippen LogP contribution >= 0.6 is 0 Å². The van der Waals surface area contributed by atoms with E-state index in [9.17, 15) is 22.8 Å². The van der Waals surface area contributed by atoms with Crippen LogP contribution in [-0.2, 0) is 6.18 Å². The van der Waals surface area contributed by atoms with Crippen molar-refractivity contribution in [1.82, 2.24) is 19.9 Å². The smallest absolute Gasteiger partial charge is 0.344 e. The number of halogens is 3. The Morgan fingerprint density at radius 3 is 2.36 bits per heavy atom. The highest BCUT2D eigenvalue weighted by atomic mass is 19.4. The number of nitrogens with one attached hydrogen (secondary N) is 3. The molecule has 0 aliphatic heterocycles. The lowest BCUT2D eigenvalue weighted by Gasteiger charge is -2.06. The third-order valence-corrected chi connectivity index (χ3v) is 3.89. The lowest BCUT2D eigenvalue weighted by Crippen LogP contribution is -2.46.